The lowest BCUT2D eigenvalue weighted by molar-refractivity contribution is -0.117. The standard InChI is InChI=1S/C18H16N2O2/c1-14(15-7-3-2-4-8-15)20-18(21)16(13-19)9-5-10-17-11-6-12-22-17/h2-12,14H,1H3,(H,20,21)/b10-5+,16-9+/t14-/m0/s1. The van der Waals surface area contributed by atoms with Crippen molar-refractivity contribution in [2.24, 2.45) is 0 Å². The molecule has 0 aliphatic heterocycles. The van der Waals surface area contributed by atoms with E-state index < -0.39 is 5.91 Å². The van der Waals surface area contributed by atoms with Crippen molar-refractivity contribution in [1.29, 1.82) is 5.26 Å². The van der Waals surface area contributed by atoms with Gasteiger partial charge < -0.3 is 9.73 Å². The van der Waals surface area contributed by atoms with Crippen LogP contribution < -0.4 is 5.32 Å². The molecule has 1 aromatic carbocycles. The first-order valence-corrected chi connectivity index (χ1v) is 6.88. The topological polar surface area (TPSA) is 66.0 Å². The van der Waals surface area contributed by atoms with E-state index in [2.05, 4.69) is 5.32 Å². The van der Waals surface area contributed by atoms with Crippen LogP contribution in [0.1, 0.15) is 24.3 Å². The van der Waals surface area contributed by atoms with Gasteiger partial charge in [-0.1, -0.05) is 36.4 Å². The largest absolute Gasteiger partial charge is 0.465 e. The Balaban J connectivity index is 2.01. The SMILES string of the molecule is C[C@H](NC(=O)/C(C#N)=C/C=C/c1ccco1)c1ccccc1. The van der Waals surface area contributed by atoms with Crippen LogP contribution in [-0.4, -0.2) is 5.91 Å². The van der Waals surface area contributed by atoms with Crippen molar-refractivity contribution < 1.29 is 9.21 Å². The van der Waals surface area contributed by atoms with Gasteiger partial charge in [0.25, 0.3) is 5.91 Å². The van der Waals surface area contributed by atoms with Crippen LogP contribution >= 0.6 is 0 Å². The van der Waals surface area contributed by atoms with Gasteiger partial charge in [-0.3, -0.25) is 4.79 Å². The van der Waals surface area contributed by atoms with Crippen molar-refractivity contribution in [3.8, 4) is 6.07 Å². The normalized spacial score (nSPS) is 12.8. The molecule has 1 atom stereocenters. The van der Waals surface area contributed by atoms with Crippen LogP contribution in [0.2, 0.25) is 0 Å². The lowest BCUT2D eigenvalue weighted by Crippen LogP contribution is -2.27. The maximum Gasteiger partial charge on any atom is 0.262 e. The van der Waals surface area contributed by atoms with E-state index in [4.69, 9.17) is 9.68 Å². The van der Waals surface area contributed by atoms with Crippen LogP contribution in [0.15, 0.2) is 70.9 Å². The third-order valence-corrected chi connectivity index (χ3v) is 3.08. The van der Waals surface area contributed by atoms with Gasteiger partial charge >= 0.3 is 0 Å². The summed E-state index contributed by atoms with van der Waals surface area (Å²) in [7, 11) is 0. The molecule has 2 rings (SSSR count). The molecular formula is C18H16N2O2. The second-order valence-corrected chi connectivity index (χ2v) is 4.67. The Morgan fingerprint density at radius 1 is 1.27 bits per heavy atom. The Morgan fingerprint density at radius 3 is 2.68 bits per heavy atom. The molecule has 0 unspecified atom stereocenters. The molecule has 4 nitrogen and oxygen atoms in total. The molecule has 0 bridgehead atoms. The van der Waals surface area contributed by atoms with Gasteiger partial charge in [0, 0.05) is 0 Å². The summed E-state index contributed by atoms with van der Waals surface area (Å²) in [6, 6.07) is 14.9. The van der Waals surface area contributed by atoms with E-state index >= 15 is 0 Å². The average Bonchev–Trinajstić information content (AvgIpc) is 3.05. The Bertz CT molecular complexity index is 707. The van der Waals surface area contributed by atoms with Gasteiger partial charge in [-0.15, -0.1) is 0 Å². The fourth-order valence-corrected chi connectivity index (χ4v) is 1.89. The zero-order valence-electron chi connectivity index (χ0n) is 12.2. The number of amides is 1. The molecule has 1 aromatic heterocycles. The van der Waals surface area contributed by atoms with Gasteiger partial charge in [0.1, 0.15) is 17.4 Å². The molecule has 0 saturated carbocycles. The Labute approximate surface area is 129 Å². The van der Waals surface area contributed by atoms with Gasteiger partial charge in [0.05, 0.1) is 12.3 Å². The first-order valence-electron chi connectivity index (χ1n) is 6.88. The number of benzene rings is 1. The van der Waals surface area contributed by atoms with E-state index in [1.807, 2.05) is 43.3 Å². The second-order valence-electron chi connectivity index (χ2n) is 4.67. The molecule has 0 aliphatic carbocycles. The first kappa shape index (κ1) is 15.3. The average molecular weight is 292 g/mol. The van der Waals surface area contributed by atoms with E-state index in [9.17, 15) is 4.79 Å². The van der Waals surface area contributed by atoms with E-state index in [0.717, 1.165) is 5.56 Å². The number of nitrogens with one attached hydrogen (secondary N) is 1. The molecule has 1 N–H and O–H groups in total. The molecule has 4 heteroatoms. The van der Waals surface area contributed by atoms with Crippen molar-refractivity contribution >= 4 is 12.0 Å². The highest BCUT2D eigenvalue weighted by atomic mass is 16.3. The summed E-state index contributed by atoms with van der Waals surface area (Å²) < 4.78 is 5.13. The molecule has 0 saturated heterocycles. The Kier molecular flexibility index (Phi) is 5.33. The van der Waals surface area contributed by atoms with E-state index in [0.29, 0.717) is 5.76 Å². The summed E-state index contributed by atoms with van der Waals surface area (Å²) in [6.45, 7) is 1.88. The van der Waals surface area contributed by atoms with E-state index in [1.165, 1.54) is 6.08 Å². The number of nitriles is 1. The summed E-state index contributed by atoms with van der Waals surface area (Å²) >= 11 is 0. The lowest BCUT2D eigenvalue weighted by Gasteiger charge is -2.13. The summed E-state index contributed by atoms with van der Waals surface area (Å²) in [5, 5.41) is 11.9. The van der Waals surface area contributed by atoms with Gasteiger partial charge in [-0.2, -0.15) is 5.26 Å². The zero-order valence-corrected chi connectivity index (χ0v) is 12.2. The monoisotopic (exact) mass is 292 g/mol. The highest BCUT2D eigenvalue weighted by Gasteiger charge is 2.12. The van der Waals surface area contributed by atoms with Crippen LogP contribution in [0.4, 0.5) is 0 Å². The zero-order chi connectivity index (χ0) is 15.8. The maximum atomic E-state index is 12.1. The van der Waals surface area contributed by atoms with Crippen molar-refractivity contribution in [2.75, 3.05) is 0 Å². The Hall–Kier alpha value is -3.06. The summed E-state index contributed by atoms with van der Waals surface area (Å²) in [4.78, 5) is 12.1. The van der Waals surface area contributed by atoms with E-state index in [-0.39, 0.29) is 11.6 Å². The second kappa shape index (κ2) is 7.65. The number of carbonyl (C=O) groups excluding carboxylic acids is 1. The minimum atomic E-state index is -0.400. The van der Waals surface area contributed by atoms with Gasteiger partial charge in [-0.05, 0) is 36.8 Å². The molecule has 2 aromatic rings. The highest BCUT2D eigenvalue weighted by molar-refractivity contribution is 5.97. The lowest BCUT2D eigenvalue weighted by atomic mass is 10.1. The minimum absolute atomic E-state index is 0.0468. The van der Waals surface area contributed by atoms with Crippen LogP contribution in [0.5, 0.6) is 0 Å². The Morgan fingerprint density at radius 2 is 2.05 bits per heavy atom. The number of allylic oxidation sites excluding steroid dienone is 2. The molecule has 0 radical (unpaired) electrons. The number of carbonyl (C=O) groups is 1. The van der Waals surface area contributed by atoms with Crippen molar-refractivity contribution in [3.63, 3.8) is 0 Å². The minimum Gasteiger partial charge on any atom is -0.465 e. The third kappa shape index (κ3) is 4.22. The van der Waals surface area contributed by atoms with Crippen molar-refractivity contribution in [3.05, 3.63) is 77.8 Å². The molecule has 110 valence electrons. The number of nitrogens with zero attached hydrogens (tertiary/aromatic N) is 1. The van der Waals surface area contributed by atoms with Crippen LogP contribution in [0.25, 0.3) is 6.08 Å². The highest BCUT2D eigenvalue weighted by Crippen LogP contribution is 2.12. The summed E-state index contributed by atoms with van der Waals surface area (Å²) in [5.41, 5.74) is 1.03. The quantitative estimate of drug-likeness (QED) is 0.520. The molecule has 22 heavy (non-hydrogen) atoms. The number of rotatable bonds is 5. The van der Waals surface area contributed by atoms with E-state index in [1.54, 1.807) is 30.5 Å². The fraction of sp³-hybridized carbons (Fsp3) is 0.111. The third-order valence-electron chi connectivity index (χ3n) is 3.08. The van der Waals surface area contributed by atoms with Gasteiger partial charge in [0.2, 0.25) is 0 Å². The number of furan rings is 1. The predicted octanol–water partition coefficient (Wildman–Crippen LogP) is 3.62. The maximum absolute atomic E-state index is 12.1. The van der Waals surface area contributed by atoms with Crippen LogP contribution in [-0.2, 0) is 4.79 Å². The van der Waals surface area contributed by atoms with Gasteiger partial charge in [-0.25, -0.2) is 0 Å². The first-order chi connectivity index (χ1) is 10.7. The van der Waals surface area contributed by atoms with Gasteiger partial charge in [0.15, 0.2) is 0 Å². The molecule has 0 aliphatic rings. The molecular weight excluding hydrogens is 276 g/mol. The van der Waals surface area contributed by atoms with Crippen molar-refractivity contribution in [2.45, 2.75) is 13.0 Å². The fourth-order valence-electron chi connectivity index (χ4n) is 1.89. The summed E-state index contributed by atoms with van der Waals surface area (Å²) in [6.07, 6.45) is 6.33. The van der Waals surface area contributed by atoms with Crippen molar-refractivity contribution in [1.82, 2.24) is 5.32 Å². The predicted molar refractivity (Wildman–Crippen MR) is 84.4 cm³/mol. The van der Waals surface area contributed by atoms with Crippen LogP contribution in [0, 0.1) is 11.3 Å². The molecule has 1 heterocycles. The summed E-state index contributed by atoms with van der Waals surface area (Å²) in [5.74, 6) is 0.259. The molecule has 0 spiro atoms. The smallest absolute Gasteiger partial charge is 0.262 e. The number of hydrogen-bond donors (Lipinski definition) is 1. The molecule has 0 fully saturated rings. The molecule has 1 amide bonds. The van der Waals surface area contributed by atoms with Crippen LogP contribution in [0.3, 0.4) is 0 Å². The number of hydrogen-bond acceptors (Lipinski definition) is 3.